The number of amides is 2. The molecule has 6 nitrogen and oxygen atoms in total. The van der Waals surface area contributed by atoms with E-state index in [9.17, 15) is 9.59 Å². The summed E-state index contributed by atoms with van der Waals surface area (Å²) in [5.74, 6) is 0.731. The number of H-pyrrole nitrogens is 1. The number of ether oxygens (including phenoxy) is 1. The summed E-state index contributed by atoms with van der Waals surface area (Å²) in [6, 6.07) is 15.7. The van der Waals surface area contributed by atoms with Crippen LogP contribution in [0.2, 0.25) is 0 Å². The lowest BCUT2D eigenvalue weighted by molar-refractivity contribution is -0.166. The van der Waals surface area contributed by atoms with Gasteiger partial charge in [0.15, 0.2) is 5.54 Å². The van der Waals surface area contributed by atoms with E-state index in [1.165, 1.54) is 0 Å². The van der Waals surface area contributed by atoms with Crippen molar-refractivity contribution in [1.82, 2.24) is 14.8 Å². The van der Waals surface area contributed by atoms with E-state index in [1.54, 1.807) is 16.9 Å². The molecule has 2 aliphatic rings. The zero-order valence-corrected chi connectivity index (χ0v) is 16.6. The van der Waals surface area contributed by atoms with E-state index in [-0.39, 0.29) is 18.4 Å². The lowest BCUT2D eigenvalue weighted by atomic mass is 9.83. The number of benzene rings is 2. The van der Waals surface area contributed by atoms with Crippen molar-refractivity contribution in [3.05, 3.63) is 65.4 Å². The van der Waals surface area contributed by atoms with Crippen molar-refractivity contribution >= 4 is 22.7 Å². The summed E-state index contributed by atoms with van der Waals surface area (Å²) in [5, 5.41) is 1.06. The largest absolute Gasteiger partial charge is 0.497 e. The molecule has 1 N–H and O–H groups in total. The molecule has 1 aromatic heterocycles. The molecule has 2 aliphatic heterocycles. The number of hydrogen-bond donors (Lipinski definition) is 1. The van der Waals surface area contributed by atoms with Gasteiger partial charge in [-0.15, -0.1) is 0 Å². The molecule has 1 fully saturated rings. The molecule has 6 heteroatoms. The van der Waals surface area contributed by atoms with Crippen LogP contribution in [0.4, 0.5) is 0 Å². The van der Waals surface area contributed by atoms with Crippen LogP contribution in [0.25, 0.3) is 10.9 Å². The Balaban J connectivity index is 1.61. The van der Waals surface area contributed by atoms with Gasteiger partial charge in [0.05, 0.1) is 12.8 Å². The normalized spacial score (nSPS) is 21.3. The molecule has 0 radical (unpaired) electrons. The summed E-state index contributed by atoms with van der Waals surface area (Å²) >= 11 is 0. The standard InChI is InChI=1S/C23H23N3O3/c1-23-21-17(18-12-16(29-2)8-9-19(18)24-21)10-11-26(23)20(27)14-25(22(23)28)13-15-6-4-3-5-7-15/h3-9,12,24H,10-11,13-14H2,1-2H3/t23-/m0/s1. The molecule has 0 bridgehead atoms. The van der Waals surface area contributed by atoms with Gasteiger partial charge in [-0.25, -0.2) is 0 Å². The number of hydrogen-bond acceptors (Lipinski definition) is 3. The average molecular weight is 389 g/mol. The number of methoxy groups -OCH3 is 1. The van der Waals surface area contributed by atoms with Crippen LogP contribution in [0.3, 0.4) is 0 Å². The van der Waals surface area contributed by atoms with E-state index in [0.29, 0.717) is 13.1 Å². The number of nitrogens with zero attached hydrogens (tertiary/aromatic N) is 2. The molecule has 1 atom stereocenters. The Morgan fingerprint density at radius 1 is 1.14 bits per heavy atom. The predicted octanol–water partition coefficient (Wildman–Crippen LogP) is 2.82. The molecule has 3 aromatic rings. The first-order chi connectivity index (χ1) is 14.0. The Bertz CT molecular complexity index is 1120. The maximum Gasteiger partial charge on any atom is 0.255 e. The van der Waals surface area contributed by atoms with Gasteiger partial charge in [-0.05, 0) is 42.7 Å². The Hall–Kier alpha value is -3.28. The number of carbonyl (C=O) groups excluding carboxylic acids is 2. The van der Waals surface area contributed by atoms with Crippen molar-refractivity contribution in [2.45, 2.75) is 25.4 Å². The highest BCUT2D eigenvalue weighted by Gasteiger charge is 2.54. The fourth-order valence-electron chi connectivity index (χ4n) is 4.77. The molecule has 5 rings (SSSR count). The molecular weight excluding hydrogens is 366 g/mol. The van der Waals surface area contributed by atoms with Crippen molar-refractivity contribution < 1.29 is 14.3 Å². The first-order valence-electron chi connectivity index (χ1n) is 9.85. The zero-order chi connectivity index (χ0) is 20.2. The van der Waals surface area contributed by atoms with Gasteiger partial charge in [-0.3, -0.25) is 9.59 Å². The van der Waals surface area contributed by atoms with Crippen LogP contribution < -0.4 is 4.74 Å². The van der Waals surface area contributed by atoms with Gasteiger partial charge in [0, 0.05) is 24.0 Å². The van der Waals surface area contributed by atoms with E-state index in [0.717, 1.165) is 39.9 Å². The third-order valence-electron chi connectivity index (χ3n) is 6.27. The number of aromatic amines is 1. The quantitative estimate of drug-likeness (QED) is 0.749. The average Bonchev–Trinajstić information content (AvgIpc) is 3.12. The molecule has 0 saturated carbocycles. The Kier molecular flexibility index (Phi) is 3.91. The molecule has 2 amide bonds. The number of fused-ring (bicyclic) bond motifs is 5. The second kappa shape index (κ2) is 6.37. The van der Waals surface area contributed by atoms with Crippen molar-refractivity contribution in [3.63, 3.8) is 0 Å². The molecule has 2 aromatic carbocycles. The number of piperazine rings is 1. The first-order valence-corrected chi connectivity index (χ1v) is 9.85. The van der Waals surface area contributed by atoms with Crippen LogP contribution in [0.15, 0.2) is 48.5 Å². The second-order valence-corrected chi connectivity index (χ2v) is 7.90. The summed E-state index contributed by atoms with van der Waals surface area (Å²) in [4.78, 5) is 33.5. The van der Waals surface area contributed by atoms with Crippen molar-refractivity contribution in [2.75, 3.05) is 20.2 Å². The lowest BCUT2D eigenvalue weighted by Crippen LogP contribution is -2.66. The van der Waals surface area contributed by atoms with Crippen LogP contribution in [-0.2, 0) is 28.1 Å². The predicted molar refractivity (Wildman–Crippen MR) is 109 cm³/mol. The SMILES string of the molecule is COc1ccc2[nH]c3c(c2c1)CCN1C(=O)CN(Cc2ccccc2)C(=O)[C@]31C. The maximum atomic E-state index is 13.7. The second-order valence-electron chi connectivity index (χ2n) is 7.90. The number of aromatic nitrogens is 1. The molecule has 1 saturated heterocycles. The van der Waals surface area contributed by atoms with Crippen LogP contribution in [0, 0.1) is 0 Å². The van der Waals surface area contributed by atoms with E-state index in [1.807, 2.05) is 55.5 Å². The van der Waals surface area contributed by atoms with Crippen LogP contribution in [-0.4, -0.2) is 46.8 Å². The number of carbonyl (C=O) groups is 2. The van der Waals surface area contributed by atoms with E-state index < -0.39 is 5.54 Å². The summed E-state index contributed by atoms with van der Waals surface area (Å²) in [6.07, 6.45) is 0.718. The molecule has 0 aliphatic carbocycles. The van der Waals surface area contributed by atoms with Crippen LogP contribution in [0.5, 0.6) is 5.75 Å². The van der Waals surface area contributed by atoms with Gasteiger partial charge in [-0.1, -0.05) is 30.3 Å². The highest BCUT2D eigenvalue weighted by atomic mass is 16.5. The van der Waals surface area contributed by atoms with Crippen molar-refractivity contribution in [3.8, 4) is 5.75 Å². The topological polar surface area (TPSA) is 65.6 Å². The first kappa shape index (κ1) is 17.8. The summed E-state index contributed by atoms with van der Waals surface area (Å²) in [5.41, 5.74) is 2.87. The minimum atomic E-state index is -1.02. The highest BCUT2D eigenvalue weighted by molar-refractivity contribution is 6.00. The molecule has 0 unspecified atom stereocenters. The minimum Gasteiger partial charge on any atom is -0.497 e. The third kappa shape index (κ3) is 2.55. The fraction of sp³-hybridized carbons (Fsp3) is 0.304. The van der Waals surface area contributed by atoms with Gasteiger partial charge in [0.2, 0.25) is 5.91 Å². The van der Waals surface area contributed by atoms with Gasteiger partial charge < -0.3 is 19.5 Å². The third-order valence-corrected chi connectivity index (χ3v) is 6.27. The Morgan fingerprint density at radius 2 is 1.93 bits per heavy atom. The van der Waals surface area contributed by atoms with Crippen LogP contribution in [0.1, 0.15) is 23.7 Å². The van der Waals surface area contributed by atoms with Gasteiger partial charge >= 0.3 is 0 Å². The van der Waals surface area contributed by atoms with Crippen molar-refractivity contribution in [1.29, 1.82) is 0 Å². The molecular formula is C23H23N3O3. The summed E-state index contributed by atoms with van der Waals surface area (Å²) < 4.78 is 5.38. The fourth-order valence-corrected chi connectivity index (χ4v) is 4.77. The highest BCUT2D eigenvalue weighted by Crippen LogP contribution is 2.42. The zero-order valence-electron chi connectivity index (χ0n) is 16.6. The monoisotopic (exact) mass is 389 g/mol. The lowest BCUT2D eigenvalue weighted by Gasteiger charge is -2.49. The van der Waals surface area contributed by atoms with Gasteiger partial charge in [0.1, 0.15) is 12.3 Å². The molecule has 0 spiro atoms. The number of nitrogens with one attached hydrogen (secondary N) is 1. The summed E-state index contributed by atoms with van der Waals surface area (Å²) in [6.45, 7) is 2.96. The molecule has 3 heterocycles. The minimum absolute atomic E-state index is 0.00934. The van der Waals surface area contributed by atoms with E-state index in [2.05, 4.69) is 4.98 Å². The van der Waals surface area contributed by atoms with Gasteiger partial charge in [0.25, 0.3) is 5.91 Å². The van der Waals surface area contributed by atoms with E-state index in [4.69, 9.17) is 4.74 Å². The molecule has 29 heavy (non-hydrogen) atoms. The summed E-state index contributed by atoms with van der Waals surface area (Å²) in [7, 11) is 1.65. The molecule has 148 valence electrons. The van der Waals surface area contributed by atoms with Crippen LogP contribution >= 0.6 is 0 Å². The van der Waals surface area contributed by atoms with E-state index >= 15 is 0 Å². The smallest absolute Gasteiger partial charge is 0.255 e. The Labute approximate surface area is 169 Å². The van der Waals surface area contributed by atoms with Crippen molar-refractivity contribution in [2.24, 2.45) is 0 Å². The maximum absolute atomic E-state index is 13.7. The number of rotatable bonds is 3. The Morgan fingerprint density at radius 3 is 2.69 bits per heavy atom. The van der Waals surface area contributed by atoms with Gasteiger partial charge in [-0.2, -0.15) is 0 Å².